The average molecular weight is 287 g/mol. The van der Waals surface area contributed by atoms with Crippen molar-refractivity contribution in [3.8, 4) is 0 Å². The van der Waals surface area contributed by atoms with Crippen LogP contribution in [0.15, 0.2) is 58.0 Å². The lowest BCUT2D eigenvalue weighted by Gasteiger charge is -2.04. The molecule has 3 rings (SSSR count). The predicted molar refractivity (Wildman–Crippen MR) is 79.7 cm³/mol. The van der Waals surface area contributed by atoms with Crippen LogP contribution in [0.25, 0.3) is 0 Å². The lowest BCUT2D eigenvalue weighted by atomic mass is 10.2. The SMILES string of the molecule is O=C(NCCSc1ccccc1)C1CC1c1ccco1. The van der Waals surface area contributed by atoms with Crippen LogP contribution in [0, 0.1) is 5.92 Å². The van der Waals surface area contributed by atoms with Gasteiger partial charge in [-0.3, -0.25) is 4.79 Å². The topological polar surface area (TPSA) is 42.2 Å². The van der Waals surface area contributed by atoms with Crippen molar-refractivity contribution in [1.82, 2.24) is 5.32 Å². The first-order valence-electron chi connectivity index (χ1n) is 6.83. The molecule has 0 saturated heterocycles. The molecular formula is C16H17NO2S. The first-order chi connectivity index (χ1) is 9.84. The quantitative estimate of drug-likeness (QED) is 0.655. The Balaban J connectivity index is 1.36. The van der Waals surface area contributed by atoms with Gasteiger partial charge in [-0.25, -0.2) is 0 Å². The van der Waals surface area contributed by atoms with Gasteiger partial charge in [0, 0.05) is 29.0 Å². The molecule has 0 aliphatic heterocycles. The molecule has 1 aliphatic carbocycles. The van der Waals surface area contributed by atoms with E-state index in [1.807, 2.05) is 30.3 Å². The van der Waals surface area contributed by atoms with Crippen molar-refractivity contribution in [3.05, 3.63) is 54.5 Å². The summed E-state index contributed by atoms with van der Waals surface area (Å²) in [6.07, 6.45) is 2.57. The number of hydrogen-bond donors (Lipinski definition) is 1. The van der Waals surface area contributed by atoms with E-state index in [4.69, 9.17) is 4.42 Å². The van der Waals surface area contributed by atoms with Gasteiger partial charge in [0.15, 0.2) is 0 Å². The van der Waals surface area contributed by atoms with E-state index in [1.54, 1.807) is 18.0 Å². The van der Waals surface area contributed by atoms with Crippen LogP contribution in [0.2, 0.25) is 0 Å². The second kappa shape index (κ2) is 6.18. The standard InChI is InChI=1S/C16H17NO2S/c18-16(14-11-13(14)15-7-4-9-19-15)17-8-10-20-12-5-2-1-3-6-12/h1-7,9,13-14H,8,10-11H2,(H,17,18). The Labute approximate surface area is 122 Å². The highest BCUT2D eigenvalue weighted by atomic mass is 32.2. The zero-order chi connectivity index (χ0) is 13.8. The number of rotatable bonds is 6. The van der Waals surface area contributed by atoms with Crippen molar-refractivity contribution < 1.29 is 9.21 Å². The number of furan rings is 1. The van der Waals surface area contributed by atoms with E-state index in [1.165, 1.54) is 4.90 Å². The minimum Gasteiger partial charge on any atom is -0.469 e. The molecule has 1 amide bonds. The van der Waals surface area contributed by atoms with Gasteiger partial charge in [-0.1, -0.05) is 18.2 Å². The van der Waals surface area contributed by atoms with E-state index >= 15 is 0 Å². The molecule has 20 heavy (non-hydrogen) atoms. The zero-order valence-electron chi connectivity index (χ0n) is 11.1. The summed E-state index contributed by atoms with van der Waals surface area (Å²) >= 11 is 1.76. The first kappa shape index (κ1) is 13.3. The Hall–Kier alpha value is -1.68. The smallest absolute Gasteiger partial charge is 0.223 e. The second-order valence-electron chi connectivity index (χ2n) is 4.92. The Morgan fingerprint density at radius 2 is 2.10 bits per heavy atom. The van der Waals surface area contributed by atoms with Gasteiger partial charge in [0.25, 0.3) is 0 Å². The molecule has 2 atom stereocenters. The molecule has 2 unspecified atom stereocenters. The van der Waals surface area contributed by atoms with Crippen molar-refractivity contribution >= 4 is 17.7 Å². The van der Waals surface area contributed by atoms with E-state index in [-0.39, 0.29) is 17.7 Å². The lowest BCUT2D eigenvalue weighted by molar-refractivity contribution is -0.122. The number of hydrogen-bond acceptors (Lipinski definition) is 3. The molecule has 4 heteroatoms. The normalized spacial score (nSPS) is 20.6. The second-order valence-corrected chi connectivity index (χ2v) is 6.08. The molecule has 1 saturated carbocycles. The molecule has 1 heterocycles. The predicted octanol–water partition coefficient (Wildman–Crippen LogP) is 3.29. The molecule has 104 valence electrons. The zero-order valence-corrected chi connectivity index (χ0v) is 11.9. The Morgan fingerprint density at radius 3 is 2.85 bits per heavy atom. The first-order valence-corrected chi connectivity index (χ1v) is 7.82. The van der Waals surface area contributed by atoms with Crippen molar-refractivity contribution in [1.29, 1.82) is 0 Å². The van der Waals surface area contributed by atoms with Crippen LogP contribution in [-0.4, -0.2) is 18.2 Å². The summed E-state index contributed by atoms with van der Waals surface area (Å²) in [5, 5.41) is 3.01. The molecule has 0 radical (unpaired) electrons. The van der Waals surface area contributed by atoms with Crippen molar-refractivity contribution in [2.75, 3.05) is 12.3 Å². The van der Waals surface area contributed by atoms with Crippen molar-refractivity contribution in [3.63, 3.8) is 0 Å². The Morgan fingerprint density at radius 1 is 1.25 bits per heavy atom. The number of amides is 1. The fraction of sp³-hybridized carbons (Fsp3) is 0.312. The minimum absolute atomic E-state index is 0.0999. The van der Waals surface area contributed by atoms with Crippen molar-refractivity contribution in [2.45, 2.75) is 17.2 Å². The van der Waals surface area contributed by atoms with E-state index in [0.717, 1.165) is 17.9 Å². The van der Waals surface area contributed by atoms with E-state index < -0.39 is 0 Å². The van der Waals surface area contributed by atoms with Crippen LogP contribution >= 0.6 is 11.8 Å². The largest absolute Gasteiger partial charge is 0.469 e. The average Bonchev–Trinajstić information content (AvgIpc) is 3.10. The number of nitrogens with one attached hydrogen (secondary N) is 1. The molecule has 1 N–H and O–H groups in total. The summed E-state index contributed by atoms with van der Waals surface area (Å²) in [6, 6.07) is 14.1. The van der Waals surface area contributed by atoms with E-state index in [2.05, 4.69) is 17.4 Å². The molecule has 1 fully saturated rings. The fourth-order valence-corrected chi connectivity index (χ4v) is 3.08. The van der Waals surface area contributed by atoms with Crippen LogP contribution in [-0.2, 0) is 4.79 Å². The maximum Gasteiger partial charge on any atom is 0.223 e. The third-order valence-electron chi connectivity index (χ3n) is 3.45. The maximum absolute atomic E-state index is 12.0. The summed E-state index contributed by atoms with van der Waals surface area (Å²) in [4.78, 5) is 13.2. The summed E-state index contributed by atoms with van der Waals surface area (Å²) in [5.41, 5.74) is 0. The van der Waals surface area contributed by atoms with Crippen LogP contribution < -0.4 is 5.32 Å². The summed E-state index contributed by atoms with van der Waals surface area (Å²) in [6.45, 7) is 0.708. The summed E-state index contributed by atoms with van der Waals surface area (Å²) in [5.74, 6) is 2.37. The van der Waals surface area contributed by atoms with Gasteiger partial charge in [0.1, 0.15) is 5.76 Å². The van der Waals surface area contributed by atoms with Gasteiger partial charge >= 0.3 is 0 Å². The number of benzene rings is 1. The van der Waals surface area contributed by atoms with Crippen LogP contribution in [0.5, 0.6) is 0 Å². The molecule has 0 bridgehead atoms. The van der Waals surface area contributed by atoms with Gasteiger partial charge in [-0.15, -0.1) is 11.8 Å². The number of thioether (sulfide) groups is 1. The number of carbonyl (C=O) groups excluding carboxylic acids is 1. The summed E-state index contributed by atoms with van der Waals surface area (Å²) < 4.78 is 5.34. The Bertz CT molecular complexity index is 553. The monoisotopic (exact) mass is 287 g/mol. The maximum atomic E-state index is 12.0. The molecule has 1 aromatic carbocycles. The van der Waals surface area contributed by atoms with Crippen molar-refractivity contribution in [2.24, 2.45) is 5.92 Å². The van der Waals surface area contributed by atoms with Gasteiger partial charge in [0.05, 0.1) is 6.26 Å². The van der Waals surface area contributed by atoms with Gasteiger partial charge in [-0.05, 0) is 30.7 Å². The van der Waals surface area contributed by atoms with Gasteiger partial charge < -0.3 is 9.73 Å². The highest BCUT2D eigenvalue weighted by molar-refractivity contribution is 7.99. The van der Waals surface area contributed by atoms with Gasteiger partial charge in [-0.2, -0.15) is 0 Å². The highest BCUT2D eigenvalue weighted by Gasteiger charge is 2.45. The third-order valence-corrected chi connectivity index (χ3v) is 4.46. The van der Waals surface area contributed by atoms with Crippen LogP contribution in [0.3, 0.4) is 0 Å². The molecule has 1 aliphatic rings. The Kier molecular flexibility index (Phi) is 4.11. The van der Waals surface area contributed by atoms with Crippen LogP contribution in [0.4, 0.5) is 0 Å². The number of carbonyl (C=O) groups is 1. The van der Waals surface area contributed by atoms with Gasteiger partial charge in [0.2, 0.25) is 5.91 Å². The van der Waals surface area contributed by atoms with E-state index in [9.17, 15) is 4.79 Å². The minimum atomic E-state index is 0.0999. The molecule has 3 nitrogen and oxygen atoms in total. The lowest BCUT2D eigenvalue weighted by Crippen LogP contribution is -2.27. The molecule has 2 aromatic rings. The molecular weight excluding hydrogens is 270 g/mol. The third kappa shape index (κ3) is 3.25. The van der Waals surface area contributed by atoms with Crippen LogP contribution in [0.1, 0.15) is 18.1 Å². The highest BCUT2D eigenvalue weighted by Crippen LogP contribution is 2.47. The van der Waals surface area contributed by atoms with E-state index in [0.29, 0.717) is 6.54 Å². The summed E-state index contributed by atoms with van der Waals surface area (Å²) in [7, 11) is 0. The molecule has 1 aromatic heterocycles. The molecule has 0 spiro atoms. The fourth-order valence-electron chi connectivity index (χ4n) is 2.29.